The van der Waals surface area contributed by atoms with Crippen molar-refractivity contribution >= 4 is 23.4 Å². The van der Waals surface area contributed by atoms with Gasteiger partial charge in [-0.25, -0.2) is 0 Å². The minimum atomic E-state index is -0.138. The van der Waals surface area contributed by atoms with E-state index in [9.17, 15) is 14.4 Å². The second kappa shape index (κ2) is 10.1. The Kier molecular flexibility index (Phi) is 7.79. The molecule has 0 atom stereocenters. The lowest BCUT2D eigenvalue weighted by Crippen LogP contribution is -2.48. The van der Waals surface area contributed by atoms with E-state index in [0.29, 0.717) is 13.1 Å². The summed E-state index contributed by atoms with van der Waals surface area (Å²) in [4.78, 5) is 39.3. The molecule has 0 unspecified atom stereocenters. The molecule has 7 heteroatoms. The average Bonchev–Trinajstić information content (AvgIpc) is 2.62. The Bertz CT molecular complexity index is 669. The second-order valence-corrected chi connectivity index (χ2v) is 7.08. The number of carbonyl (C=O) groups excluding carboxylic acids is 3. The fourth-order valence-corrected chi connectivity index (χ4v) is 3.30. The summed E-state index contributed by atoms with van der Waals surface area (Å²) >= 11 is 0. The molecule has 1 aliphatic heterocycles. The Hall–Kier alpha value is -2.41. The van der Waals surface area contributed by atoms with Gasteiger partial charge in [-0.3, -0.25) is 19.3 Å². The maximum Gasteiger partial charge on any atom is 0.238 e. The number of benzene rings is 1. The van der Waals surface area contributed by atoms with Gasteiger partial charge >= 0.3 is 0 Å². The van der Waals surface area contributed by atoms with Gasteiger partial charge in [0.25, 0.3) is 0 Å². The number of nitrogens with zero attached hydrogens (tertiary/aromatic N) is 2. The standard InChI is InChI=1S/C20H30N4O3/c1-4-16-7-5-6-8-18(16)22-20(27)14-23(3)13-19(26)21-17-9-11-24(12-10-17)15(2)25/h5-8,17H,4,9-14H2,1-3H3,(H,21,26)(H,22,27). The largest absolute Gasteiger partial charge is 0.352 e. The van der Waals surface area contributed by atoms with Gasteiger partial charge in [0, 0.05) is 31.7 Å². The molecule has 0 bridgehead atoms. The van der Waals surface area contributed by atoms with Crippen molar-refractivity contribution in [2.24, 2.45) is 0 Å². The summed E-state index contributed by atoms with van der Waals surface area (Å²) in [6.45, 7) is 5.27. The van der Waals surface area contributed by atoms with Crippen LogP contribution in [0, 0.1) is 0 Å². The fourth-order valence-electron chi connectivity index (χ4n) is 3.30. The molecule has 1 aliphatic rings. The zero-order valence-corrected chi connectivity index (χ0v) is 16.5. The summed E-state index contributed by atoms with van der Waals surface area (Å²) in [5, 5.41) is 5.91. The lowest BCUT2D eigenvalue weighted by molar-refractivity contribution is -0.130. The van der Waals surface area contributed by atoms with E-state index in [2.05, 4.69) is 10.6 Å². The number of hydrogen-bond acceptors (Lipinski definition) is 4. The highest BCUT2D eigenvalue weighted by Crippen LogP contribution is 2.15. The molecule has 0 aliphatic carbocycles. The third-order valence-corrected chi connectivity index (χ3v) is 4.80. The predicted molar refractivity (Wildman–Crippen MR) is 105 cm³/mol. The summed E-state index contributed by atoms with van der Waals surface area (Å²) in [7, 11) is 1.75. The molecule has 148 valence electrons. The van der Waals surface area contributed by atoms with Gasteiger partial charge in [0.05, 0.1) is 13.1 Å². The summed E-state index contributed by atoms with van der Waals surface area (Å²) in [5.41, 5.74) is 1.91. The molecule has 0 saturated carbocycles. The zero-order chi connectivity index (χ0) is 19.8. The average molecular weight is 374 g/mol. The quantitative estimate of drug-likeness (QED) is 0.753. The van der Waals surface area contributed by atoms with E-state index in [0.717, 1.165) is 30.5 Å². The summed E-state index contributed by atoms with van der Waals surface area (Å²) in [6.07, 6.45) is 2.38. The Morgan fingerprint density at radius 1 is 1.11 bits per heavy atom. The van der Waals surface area contributed by atoms with Crippen LogP contribution in [-0.4, -0.2) is 66.8 Å². The van der Waals surface area contributed by atoms with Crippen molar-refractivity contribution in [3.05, 3.63) is 29.8 Å². The van der Waals surface area contributed by atoms with Gasteiger partial charge in [-0.15, -0.1) is 0 Å². The lowest BCUT2D eigenvalue weighted by atomic mass is 10.1. The third-order valence-electron chi connectivity index (χ3n) is 4.80. The Balaban J connectivity index is 1.73. The molecule has 2 rings (SSSR count). The van der Waals surface area contributed by atoms with Crippen LogP contribution in [0.4, 0.5) is 5.69 Å². The zero-order valence-electron chi connectivity index (χ0n) is 16.5. The molecule has 1 fully saturated rings. The van der Waals surface area contributed by atoms with Crippen molar-refractivity contribution < 1.29 is 14.4 Å². The van der Waals surface area contributed by atoms with Crippen LogP contribution >= 0.6 is 0 Å². The van der Waals surface area contributed by atoms with Gasteiger partial charge in [-0.1, -0.05) is 25.1 Å². The first-order valence-corrected chi connectivity index (χ1v) is 9.50. The normalized spacial score (nSPS) is 14.9. The van der Waals surface area contributed by atoms with Gasteiger partial charge < -0.3 is 15.5 Å². The van der Waals surface area contributed by atoms with Gasteiger partial charge in [0.1, 0.15) is 0 Å². The molecule has 1 saturated heterocycles. The summed E-state index contributed by atoms with van der Waals surface area (Å²) in [5.74, 6) is -0.156. The third kappa shape index (κ3) is 6.67. The molecular formula is C20H30N4O3. The molecule has 0 spiro atoms. The van der Waals surface area contributed by atoms with Crippen LogP contribution in [0.1, 0.15) is 32.3 Å². The molecule has 3 amide bonds. The van der Waals surface area contributed by atoms with Crippen LogP contribution in [0.2, 0.25) is 0 Å². The summed E-state index contributed by atoms with van der Waals surface area (Å²) in [6, 6.07) is 7.81. The van der Waals surface area contributed by atoms with Crippen molar-refractivity contribution in [2.75, 3.05) is 38.5 Å². The lowest BCUT2D eigenvalue weighted by Gasteiger charge is -2.32. The Morgan fingerprint density at radius 2 is 1.74 bits per heavy atom. The molecule has 1 heterocycles. The number of nitrogens with one attached hydrogen (secondary N) is 2. The van der Waals surface area contributed by atoms with E-state index in [-0.39, 0.29) is 36.9 Å². The van der Waals surface area contributed by atoms with E-state index in [1.165, 1.54) is 0 Å². The molecule has 1 aromatic carbocycles. The van der Waals surface area contributed by atoms with Crippen LogP contribution in [0.3, 0.4) is 0 Å². The molecule has 27 heavy (non-hydrogen) atoms. The predicted octanol–water partition coefficient (Wildman–Crippen LogP) is 1.25. The van der Waals surface area contributed by atoms with Crippen LogP contribution in [0.5, 0.6) is 0 Å². The number of piperidine rings is 1. The van der Waals surface area contributed by atoms with E-state index < -0.39 is 0 Å². The van der Waals surface area contributed by atoms with Gasteiger partial charge in [0.15, 0.2) is 0 Å². The van der Waals surface area contributed by atoms with Crippen LogP contribution in [0.25, 0.3) is 0 Å². The molecule has 1 aromatic rings. The highest BCUT2D eigenvalue weighted by atomic mass is 16.2. The maximum absolute atomic E-state index is 12.2. The summed E-state index contributed by atoms with van der Waals surface area (Å²) < 4.78 is 0. The van der Waals surface area contributed by atoms with Crippen molar-refractivity contribution in [1.82, 2.24) is 15.1 Å². The van der Waals surface area contributed by atoms with Gasteiger partial charge in [-0.05, 0) is 37.9 Å². The molecule has 7 nitrogen and oxygen atoms in total. The van der Waals surface area contributed by atoms with Gasteiger partial charge in [0.2, 0.25) is 17.7 Å². The minimum absolute atomic E-state index is 0.0789. The first-order chi connectivity index (χ1) is 12.9. The Morgan fingerprint density at radius 3 is 2.37 bits per heavy atom. The first-order valence-electron chi connectivity index (χ1n) is 9.50. The second-order valence-electron chi connectivity index (χ2n) is 7.08. The number of para-hydroxylation sites is 1. The fraction of sp³-hybridized carbons (Fsp3) is 0.550. The van der Waals surface area contributed by atoms with Gasteiger partial charge in [-0.2, -0.15) is 0 Å². The van der Waals surface area contributed by atoms with Crippen molar-refractivity contribution in [1.29, 1.82) is 0 Å². The van der Waals surface area contributed by atoms with E-state index in [1.54, 1.807) is 23.8 Å². The van der Waals surface area contributed by atoms with E-state index >= 15 is 0 Å². The Labute approximate surface area is 161 Å². The highest BCUT2D eigenvalue weighted by molar-refractivity contribution is 5.93. The maximum atomic E-state index is 12.2. The van der Waals surface area contributed by atoms with Crippen LogP contribution in [-0.2, 0) is 20.8 Å². The minimum Gasteiger partial charge on any atom is -0.352 e. The number of likely N-dealkylation sites (N-methyl/N-ethyl adjacent to an activating group) is 1. The SMILES string of the molecule is CCc1ccccc1NC(=O)CN(C)CC(=O)NC1CCN(C(C)=O)CC1. The number of likely N-dealkylation sites (tertiary alicyclic amines) is 1. The van der Waals surface area contributed by atoms with E-state index in [1.807, 2.05) is 31.2 Å². The topological polar surface area (TPSA) is 81.8 Å². The number of anilines is 1. The van der Waals surface area contributed by atoms with Crippen LogP contribution < -0.4 is 10.6 Å². The highest BCUT2D eigenvalue weighted by Gasteiger charge is 2.22. The molecule has 0 radical (unpaired) electrons. The first kappa shape index (κ1) is 20.9. The molecular weight excluding hydrogens is 344 g/mol. The number of carbonyl (C=O) groups is 3. The van der Waals surface area contributed by atoms with Crippen molar-refractivity contribution in [3.8, 4) is 0 Å². The molecule has 2 N–H and O–H groups in total. The number of rotatable bonds is 7. The van der Waals surface area contributed by atoms with Crippen LogP contribution in [0.15, 0.2) is 24.3 Å². The number of hydrogen-bond donors (Lipinski definition) is 2. The van der Waals surface area contributed by atoms with Crippen molar-refractivity contribution in [2.45, 2.75) is 39.2 Å². The molecule has 0 aromatic heterocycles. The monoisotopic (exact) mass is 374 g/mol. The smallest absolute Gasteiger partial charge is 0.238 e. The number of amides is 3. The van der Waals surface area contributed by atoms with E-state index in [4.69, 9.17) is 0 Å². The number of aryl methyl sites for hydroxylation is 1. The van der Waals surface area contributed by atoms with Crippen molar-refractivity contribution in [3.63, 3.8) is 0 Å².